The molecule has 48 heavy (non-hydrogen) atoms. The Kier molecular flexibility index (Phi) is 16.4. The second kappa shape index (κ2) is 18.5. The lowest BCUT2D eigenvalue weighted by Gasteiger charge is -2.26. The van der Waals surface area contributed by atoms with Gasteiger partial charge in [0.05, 0.1) is 43.2 Å². The zero-order valence-corrected chi connectivity index (χ0v) is 32.1. The summed E-state index contributed by atoms with van der Waals surface area (Å²) in [7, 11) is 2.80. The predicted octanol–water partition coefficient (Wildman–Crippen LogP) is -2.25. The Bertz CT molecular complexity index is 1470. The fourth-order valence-electron chi connectivity index (χ4n) is 4.50. The molecule has 16 nitrogen and oxygen atoms in total. The van der Waals surface area contributed by atoms with Crippen molar-refractivity contribution in [3.63, 3.8) is 0 Å². The molecule has 2 aromatic carbocycles. The molecule has 6 atom stereocenters. The monoisotopic (exact) mass is 1010 g/mol. The number of likely N-dealkylation sites (N-methyl/N-ethyl adjacent to an activating group) is 2. The quantitative estimate of drug-likeness (QED) is 0.0369. The van der Waals surface area contributed by atoms with Crippen LogP contribution in [0.15, 0.2) is 18.2 Å². The van der Waals surface area contributed by atoms with E-state index < -0.39 is 79.8 Å². The number of amides is 2. The number of aliphatic hydroxyl groups excluding tert-OH is 8. The SMILES string of the molecule is CN(CC(O)CO)C(=O)c1c(I)c(C(=O)N(C)CC(O)CO)c(I)c(-c2ccc(C(=O)C(=O)[C@H](N)[C@@H](O)[C@H](O)[C@H](O)CO)c(N)c2)c1I. The lowest BCUT2D eigenvalue weighted by molar-refractivity contribution is -0.125. The maximum absolute atomic E-state index is 13.8. The Morgan fingerprint density at radius 3 is 1.60 bits per heavy atom. The molecule has 0 fully saturated rings. The predicted molar refractivity (Wildman–Crippen MR) is 197 cm³/mol. The Morgan fingerprint density at radius 1 is 0.750 bits per heavy atom. The number of anilines is 1. The number of halogens is 3. The van der Waals surface area contributed by atoms with Crippen molar-refractivity contribution in [2.75, 3.05) is 52.7 Å². The number of aliphatic hydroxyl groups is 8. The largest absolute Gasteiger partial charge is 0.398 e. The molecule has 0 aliphatic heterocycles. The molecule has 0 aliphatic rings. The summed E-state index contributed by atoms with van der Waals surface area (Å²) in [6, 6.07) is 1.94. The van der Waals surface area contributed by atoms with Gasteiger partial charge >= 0.3 is 0 Å². The number of nitrogens with zero attached hydrogens (tertiary/aromatic N) is 2. The summed E-state index contributed by atoms with van der Waals surface area (Å²) in [5.41, 5.74) is 12.1. The molecule has 19 heteroatoms. The normalized spacial score (nSPS) is 15.2. The summed E-state index contributed by atoms with van der Waals surface area (Å²) in [5.74, 6) is -3.77. The summed E-state index contributed by atoms with van der Waals surface area (Å²) in [4.78, 5) is 55.7. The zero-order chi connectivity index (χ0) is 36.8. The van der Waals surface area contributed by atoms with Crippen molar-refractivity contribution in [2.24, 2.45) is 5.73 Å². The highest BCUT2D eigenvalue weighted by Gasteiger charge is 2.37. The van der Waals surface area contributed by atoms with Crippen LogP contribution in [0.4, 0.5) is 5.69 Å². The number of carbonyl (C=O) groups excluding carboxylic acids is 4. The van der Waals surface area contributed by atoms with E-state index in [0.29, 0.717) is 18.3 Å². The van der Waals surface area contributed by atoms with Gasteiger partial charge in [0.1, 0.15) is 24.4 Å². The maximum atomic E-state index is 13.8. The molecule has 0 aliphatic carbocycles. The third-order valence-corrected chi connectivity index (χ3v) is 10.5. The van der Waals surface area contributed by atoms with E-state index >= 15 is 0 Å². The summed E-state index contributed by atoms with van der Waals surface area (Å²) in [5, 5.41) is 77.2. The summed E-state index contributed by atoms with van der Waals surface area (Å²) in [6.07, 6.45) is -8.44. The van der Waals surface area contributed by atoms with Gasteiger partial charge in [0.2, 0.25) is 11.6 Å². The Hall–Kier alpha value is -1.65. The number of rotatable bonds is 16. The highest BCUT2D eigenvalue weighted by molar-refractivity contribution is 14.1. The van der Waals surface area contributed by atoms with Gasteiger partial charge in [-0.05, 0) is 85.5 Å². The van der Waals surface area contributed by atoms with E-state index in [9.17, 15) is 54.9 Å². The summed E-state index contributed by atoms with van der Waals surface area (Å²) >= 11 is 5.67. The second-order valence-electron chi connectivity index (χ2n) is 10.9. The van der Waals surface area contributed by atoms with Crippen LogP contribution in [0.5, 0.6) is 0 Å². The topological polar surface area (TPSA) is 289 Å². The minimum Gasteiger partial charge on any atom is -0.398 e. The van der Waals surface area contributed by atoms with E-state index in [2.05, 4.69) is 0 Å². The van der Waals surface area contributed by atoms with Crippen molar-refractivity contribution in [1.29, 1.82) is 0 Å². The number of hydrogen-bond acceptors (Lipinski definition) is 14. The number of Topliss-reactive ketones (excluding diaryl/α,β-unsaturated/α-hetero) is 2. The molecular weight excluding hydrogens is 977 g/mol. The van der Waals surface area contributed by atoms with Gasteiger partial charge in [-0.1, -0.05) is 6.07 Å². The first kappa shape index (κ1) is 42.5. The van der Waals surface area contributed by atoms with Crippen LogP contribution in [0.1, 0.15) is 31.1 Å². The molecule has 0 radical (unpaired) electrons. The molecule has 2 amide bonds. The fraction of sp³-hybridized carbons (Fsp3) is 0.448. The Morgan fingerprint density at radius 2 is 1.21 bits per heavy atom. The van der Waals surface area contributed by atoms with Crippen molar-refractivity contribution in [3.8, 4) is 11.1 Å². The minimum absolute atomic E-state index is 0.0659. The van der Waals surface area contributed by atoms with Gasteiger partial charge in [-0.3, -0.25) is 19.2 Å². The van der Waals surface area contributed by atoms with E-state index in [0.717, 1.165) is 0 Å². The van der Waals surface area contributed by atoms with Crippen molar-refractivity contribution >= 4 is 96.8 Å². The highest BCUT2D eigenvalue weighted by atomic mass is 127. The smallest absolute Gasteiger partial charge is 0.255 e. The average molecular weight is 1010 g/mol. The number of benzene rings is 2. The molecule has 0 bridgehead atoms. The van der Waals surface area contributed by atoms with Crippen LogP contribution >= 0.6 is 67.8 Å². The van der Waals surface area contributed by atoms with Crippen LogP contribution in [-0.4, -0.2) is 158 Å². The first-order valence-electron chi connectivity index (χ1n) is 14.0. The van der Waals surface area contributed by atoms with Crippen molar-refractivity contribution in [3.05, 3.63) is 45.6 Å². The van der Waals surface area contributed by atoms with Crippen LogP contribution < -0.4 is 11.5 Å². The molecule has 12 N–H and O–H groups in total. The van der Waals surface area contributed by atoms with Gasteiger partial charge in [0.15, 0.2) is 0 Å². The molecule has 0 aromatic heterocycles. The van der Waals surface area contributed by atoms with Crippen molar-refractivity contribution in [1.82, 2.24) is 9.80 Å². The number of nitrogens with two attached hydrogens (primary N) is 2. The van der Waals surface area contributed by atoms with Crippen LogP contribution in [0, 0.1) is 10.7 Å². The van der Waals surface area contributed by atoms with Gasteiger partial charge in [-0.15, -0.1) is 0 Å². The first-order chi connectivity index (χ1) is 22.3. The summed E-state index contributed by atoms with van der Waals surface area (Å²) in [6.45, 7) is -2.63. The molecule has 2 unspecified atom stereocenters. The molecule has 0 spiro atoms. The number of carbonyl (C=O) groups is 4. The van der Waals surface area contributed by atoms with Gasteiger partial charge < -0.3 is 62.1 Å². The number of ketones is 2. The third-order valence-electron chi connectivity index (χ3n) is 7.24. The van der Waals surface area contributed by atoms with E-state index in [1.54, 1.807) is 0 Å². The second-order valence-corrected chi connectivity index (χ2v) is 14.1. The van der Waals surface area contributed by atoms with E-state index in [1.165, 1.54) is 42.1 Å². The highest BCUT2D eigenvalue weighted by Crippen LogP contribution is 2.40. The standard InChI is InChI=1S/C29H37I3N4O12/c1-35(6-12(40)8-37)28(47)18-20(30)17(21(31)19(22(18)32)29(48)36(2)7-13(41)9-38)11-3-4-14(15(33)5-11)24(43)26(45)23(34)27(46)25(44)16(42)10-39/h3-5,12-13,16,23,25,27,37-42,44,46H,6-10,33-34H2,1-2H3/t12?,13?,16-,23+,25-,27-/m1/s1. The molecule has 2 aromatic rings. The van der Waals surface area contributed by atoms with Crippen LogP contribution in [0.3, 0.4) is 0 Å². The average Bonchev–Trinajstić information content (AvgIpc) is 3.05. The van der Waals surface area contributed by atoms with E-state index in [1.807, 2.05) is 67.8 Å². The first-order valence-corrected chi connectivity index (χ1v) is 17.3. The molecule has 266 valence electrons. The number of nitrogen functional groups attached to an aromatic ring is 1. The zero-order valence-electron chi connectivity index (χ0n) is 25.6. The molecule has 2 rings (SSSR count). The fourth-order valence-corrected chi connectivity index (χ4v) is 9.21. The van der Waals surface area contributed by atoms with E-state index in [4.69, 9.17) is 16.6 Å². The minimum atomic E-state index is -2.10. The van der Waals surface area contributed by atoms with Gasteiger partial charge in [-0.2, -0.15) is 0 Å². The maximum Gasteiger partial charge on any atom is 0.255 e. The Balaban J connectivity index is 2.73. The van der Waals surface area contributed by atoms with Gasteiger partial charge in [0.25, 0.3) is 11.8 Å². The van der Waals surface area contributed by atoms with E-state index in [-0.39, 0.29) is 39.0 Å². The van der Waals surface area contributed by atoms with Crippen molar-refractivity contribution < 1.29 is 60.0 Å². The Labute approximate surface area is 316 Å². The number of hydrogen-bond donors (Lipinski definition) is 10. The van der Waals surface area contributed by atoms with Crippen LogP contribution in [0.2, 0.25) is 0 Å². The third kappa shape index (κ3) is 9.56. The molecule has 0 saturated carbocycles. The summed E-state index contributed by atoms with van der Waals surface area (Å²) < 4.78 is 0.937. The molecule has 0 saturated heterocycles. The molecular formula is C29H37I3N4O12. The van der Waals surface area contributed by atoms with Crippen molar-refractivity contribution in [2.45, 2.75) is 36.6 Å². The lowest BCUT2D eigenvalue weighted by atomic mass is 9.92. The van der Waals surface area contributed by atoms with Gasteiger partial charge in [0, 0.05) is 54.7 Å². The van der Waals surface area contributed by atoms with Crippen LogP contribution in [-0.2, 0) is 4.79 Å². The molecule has 0 heterocycles. The van der Waals surface area contributed by atoms with Crippen LogP contribution in [0.25, 0.3) is 11.1 Å². The van der Waals surface area contributed by atoms with Gasteiger partial charge in [-0.25, -0.2) is 0 Å². The lowest BCUT2D eigenvalue weighted by Crippen LogP contribution is -2.54.